The average molecular weight is 296 g/mol. The van der Waals surface area contributed by atoms with Crippen molar-refractivity contribution in [2.75, 3.05) is 26.2 Å². The van der Waals surface area contributed by atoms with Gasteiger partial charge < -0.3 is 4.90 Å². The summed E-state index contributed by atoms with van der Waals surface area (Å²) < 4.78 is 0. The lowest BCUT2D eigenvalue weighted by Crippen LogP contribution is -2.52. The summed E-state index contributed by atoms with van der Waals surface area (Å²) in [6.07, 6.45) is 8.07. The first-order chi connectivity index (χ1) is 10.2. The van der Waals surface area contributed by atoms with Gasteiger partial charge in [0.05, 0.1) is 0 Å². The quantitative estimate of drug-likeness (QED) is 0.443. The fourth-order valence-electron chi connectivity index (χ4n) is 3.41. The molecule has 1 saturated heterocycles. The molecule has 1 heterocycles. The van der Waals surface area contributed by atoms with Crippen LogP contribution in [0.3, 0.4) is 0 Å². The van der Waals surface area contributed by atoms with Crippen molar-refractivity contribution < 1.29 is 9.59 Å². The van der Waals surface area contributed by atoms with Crippen LogP contribution < -0.4 is 11.3 Å². The van der Waals surface area contributed by atoms with E-state index < -0.39 is 0 Å². The van der Waals surface area contributed by atoms with E-state index in [2.05, 4.69) is 10.3 Å². The molecule has 0 unspecified atom stereocenters. The van der Waals surface area contributed by atoms with Crippen molar-refractivity contribution in [2.45, 2.75) is 57.4 Å². The maximum Gasteiger partial charge on any atom is 0.233 e. The molecule has 6 nitrogen and oxygen atoms in total. The van der Waals surface area contributed by atoms with E-state index >= 15 is 0 Å². The van der Waals surface area contributed by atoms with Gasteiger partial charge in [0.15, 0.2) is 0 Å². The number of nitrogens with zero attached hydrogens (tertiary/aromatic N) is 2. The molecule has 0 radical (unpaired) electrons. The molecule has 2 amide bonds. The van der Waals surface area contributed by atoms with E-state index in [1.54, 1.807) is 0 Å². The van der Waals surface area contributed by atoms with Crippen molar-refractivity contribution in [1.82, 2.24) is 15.2 Å². The van der Waals surface area contributed by atoms with Gasteiger partial charge in [0, 0.05) is 45.1 Å². The number of piperazine rings is 1. The fraction of sp³-hybridized carbons (Fsp3) is 0.867. The highest BCUT2D eigenvalue weighted by Gasteiger charge is 2.26. The number of amides is 2. The standard InChI is InChI=1S/C15H28N4O2/c16-17-14(20)7-4-8-15(21)19-11-9-18(10-12-19)13-5-2-1-3-6-13/h13H,1-12,16H2,(H,17,20). The summed E-state index contributed by atoms with van der Waals surface area (Å²) in [5.74, 6) is 4.98. The predicted molar refractivity (Wildman–Crippen MR) is 81.2 cm³/mol. The highest BCUT2D eigenvalue weighted by Crippen LogP contribution is 2.23. The number of nitrogens with two attached hydrogens (primary N) is 1. The molecule has 0 spiro atoms. The topological polar surface area (TPSA) is 78.7 Å². The summed E-state index contributed by atoms with van der Waals surface area (Å²) >= 11 is 0. The van der Waals surface area contributed by atoms with Crippen molar-refractivity contribution in [3.63, 3.8) is 0 Å². The van der Waals surface area contributed by atoms with Crippen LogP contribution in [0.1, 0.15) is 51.4 Å². The van der Waals surface area contributed by atoms with E-state index in [0.717, 1.165) is 32.2 Å². The Kier molecular flexibility index (Phi) is 6.45. The number of hydrogen-bond acceptors (Lipinski definition) is 4. The number of carbonyl (C=O) groups excluding carboxylic acids is 2. The lowest BCUT2D eigenvalue weighted by molar-refractivity contribution is -0.133. The minimum absolute atomic E-state index is 0.170. The van der Waals surface area contributed by atoms with Crippen LogP contribution in [0.4, 0.5) is 0 Å². The Balaban J connectivity index is 1.65. The lowest BCUT2D eigenvalue weighted by Gasteiger charge is -2.40. The number of hydrazine groups is 1. The third kappa shape index (κ3) is 4.97. The van der Waals surface area contributed by atoms with Crippen LogP contribution in [0.2, 0.25) is 0 Å². The van der Waals surface area contributed by atoms with E-state index in [4.69, 9.17) is 5.84 Å². The second kappa shape index (κ2) is 8.34. The maximum absolute atomic E-state index is 12.1. The summed E-state index contributed by atoms with van der Waals surface area (Å²) in [5, 5.41) is 0. The first-order valence-corrected chi connectivity index (χ1v) is 8.22. The zero-order chi connectivity index (χ0) is 15.1. The molecule has 0 aromatic carbocycles. The van der Waals surface area contributed by atoms with Crippen LogP contribution in [0.5, 0.6) is 0 Å². The molecule has 21 heavy (non-hydrogen) atoms. The molecule has 2 rings (SSSR count). The van der Waals surface area contributed by atoms with Gasteiger partial charge in [0.25, 0.3) is 0 Å². The molecule has 3 N–H and O–H groups in total. The highest BCUT2D eigenvalue weighted by atomic mass is 16.2. The Morgan fingerprint density at radius 1 is 1.00 bits per heavy atom. The van der Waals surface area contributed by atoms with Crippen LogP contribution in [0, 0.1) is 0 Å². The minimum atomic E-state index is -0.204. The molecule has 6 heteroatoms. The second-order valence-corrected chi connectivity index (χ2v) is 6.13. The van der Waals surface area contributed by atoms with Crippen LogP contribution in [0.25, 0.3) is 0 Å². The van der Waals surface area contributed by atoms with Gasteiger partial charge in [0.2, 0.25) is 11.8 Å². The highest BCUT2D eigenvalue weighted by molar-refractivity contribution is 5.78. The van der Waals surface area contributed by atoms with Crippen LogP contribution in [-0.4, -0.2) is 53.8 Å². The van der Waals surface area contributed by atoms with Gasteiger partial charge in [-0.25, -0.2) is 5.84 Å². The van der Waals surface area contributed by atoms with Gasteiger partial charge in [0.1, 0.15) is 0 Å². The molecule has 120 valence electrons. The third-order valence-corrected chi connectivity index (χ3v) is 4.71. The van der Waals surface area contributed by atoms with Crippen molar-refractivity contribution >= 4 is 11.8 Å². The molecule has 0 atom stereocenters. The Bertz CT molecular complexity index is 348. The Labute approximate surface area is 127 Å². The van der Waals surface area contributed by atoms with Gasteiger partial charge in [-0.15, -0.1) is 0 Å². The summed E-state index contributed by atoms with van der Waals surface area (Å²) in [6, 6.07) is 0.740. The smallest absolute Gasteiger partial charge is 0.233 e. The van der Waals surface area contributed by atoms with E-state index in [-0.39, 0.29) is 11.8 Å². The SMILES string of the molecule is NNC(=O)CCCC(=O)N1CCN(C2CCCCC2)CC1. The van der Waals surface area contributed by atoms with Gasteiger partial charge in [-0.1, -0.05) is 19.3 Å². The maximum atomic E-state index is 12.1. The molecule has 1 aliphatic heterocycles. The van der Waals surface area contributed by atoms with Crippen molar-refractivity contribution in [2.24, 2.45) is 5.84 Å². The van der Waals surface area contributed by atoms with Gasteiger partial charge in [-0.05, 0) is 19.3 Å². The number of hydrogen-bond donors (Lipinski definition) is 2. The summed E-state index contributed by atoms with van der Waals surface area (Å²) in [5.41, 5.74) is 2.09. The molecule has 0 aromatic heterocycles. The van der Waals surface area contributed by atoms with Crippen molar-refractivity contribution in [3.8, 4) is 0 Å². The fourth-order valence-corrected chi connectivity index (χ4v) is 3.41. The first kappa shape index (κ1) is 16.2. The van der Waals surface area contributed by atoms with Crippen molar-refractivity contribution in [3.05, 3.63) is 0 Å². The summed E-state index contributed by atoms with van der Waals surface area (Å²) in [7, 11) is 0. The van der Waals surface area contributed by atoms with E-state index in [9.17, 15) is 9.59 Å². The first-order valence-electron chi connectivity index (χ1n) is 8.22. The van der Waals surface area contributed by atoms with Gasteiger partial charge in [-0.2, -0.15) is 0 Å². The Morgan fingerprint density at radius 2 is 1.67 bits per heavy atom. The summed E-state index contributed by atoms with van der Waals surface area (Å²) in [6.45, 7) is 3.66. The Morgan fingerprint density at radius 3 is 2.29 bits per heavy atom. The lowest BCUT2D eigenvalue weighted by atomic mass is 9.94. The van der Waals surface area contributed by atoms with Crippen LogP contribution in [0.15, 0.2) is 0 Å². The number of carbonyl (C=O) groups is 2. The monoisotopic (exact) mass is 296 g/mol. The molecule has 1 saturated carbocycles. The van der Waals surface area contributed by atoms with Gasteiger partial charge >= 0.3 is 0 Å². The molecule has 2 fully saturated rings. The largest absolute Gasteiger partial charge is 0.340 e. The van der Waals surface area contributed by atoms with E-state index in [1.165, 1.54) is 32.1 Å². The second-order valence-electron chi connectivity index (χ2n) is 6.13. The van der Waals surface area contributed by atoms with E-state index in [0.29, 0.717) is 19.3 Å². The molecule has 0 bridgehead atoms. The Hall–Kier alpha value is -1.14. The zero-order valence-corrected chi connectivity index (χ0v) is 12.9. The normalized spacial score (nSPS) is 21.3. The molecule has 1 aliphatic carbocycles. The molecule has 2 aliphatic rings. The number of rotatable bonds is 5. The van der Waals surface area contributed by atoms with Gasteiger partial charge in [-0.3, -0.25) is 19.9 Å². The zero-order valence-electron chi connectivity index (χ0n) is 12.9. The average Bonchev–Trinajstić information content (AvgIpc) is 2.55. The van der Waals surface area contributed by atoms with Crippen LogP contribution in [-0.2, 0) is 9.59 Å². The molecule has 0 aromatic rings. The van der Waals surface area contributed by atoms with Crippen LogP contribution >= 0.6 is 0 Å². The molecular formula is C15H28N4O2. The van der Waals surface area contributed by atoms with E-state index in [1.807, 2.05) is 4.90 Å². The van der Waals surface area contributed by atoms with Crippen molar-refractivity contribution in [1.29, 1.82) is 0 Å². The minimum Gasteiger partial charge on any atom is -0.340 e. The predicted octanol–water partition coefficient (Wildman–Crippen LogP) is 0.623. The molecular weight excluding hydrogens is 268 g/mol. The number of nitrogens with one attached hydrogen (secondary N) is 1. The third-order valence-electron chi connectivity index (χ3n) is 4.71. The summed E-state index contributed by atoms with van der Waals surface area (Å²) in [4.78, 5) is 27.6.